The number of hydrogen-bond donors (Lipinski definition) is 0. The summed E-state index contributed by atoms with van der Waals surface area (Å²) in [5, 5.41) is 4.51. The molecule has 2 aliphatic heterocycles. The molecule has 0 aliphatic carbocycles. The van der Waals surface area contributed by atoms with Crippen LogP contribution in [-0.4, -0.2) is 64.7 Å². The molecule has 0 unspecified atom stereocenters. The van der Waals surface area contributed by atoms with E-state index in [1.54, 1.807) is 24.1 Å². The average Bonchev–Trinajstić information content (AvgIpc) is 3.13. The molecule has 2 fully saturated rings. The second kappa shape index (κ2) is 9.54. The van der Waals surface area contributed by atoms with Crippen LogP contribution in [0.5, 0.6) is 5.75 Å². The molecule has 0 N–H and O–H groups in total. The first-order chi connectivity index (χ1) is 15.1. The number of methoxy groups -OCH3 is 1. The first-order valence-corrected chi connectivity index (χ1v) is 11.4. The summed E-state index contributed by atoms with van der Waals surface area (Å²) in [7, 11) is 1.63. The van der Waals surface area contributed by atoms with E-state index in [4.69, 9.17) is 4.74 Å². The van der Waals surface area contributed by atoms with Crippen molar-refractivity contribution in [1.29, 1.82) is 0 Å². The summed E-state index contributed by atoms with van der Waals surface area (Å²) in [5.41, 5.74) is 2.32. The van der Waals surface area contributed by atoms with Crippen LogP contribution in [0.4, 0.5) is 0 Å². The number of nitrogens with zero attached hydrogens (tertiary/aromatic N) is 4. The Kier molecular flexibility index (Phi) is 6.59. The predicted octanol–water partition coefficient (Wildman–Crippen LogP) is 3.44. The van der Waals surface area contributed by atoms with E-state index in [1.165, 1.54) is 12.8 Å². The van der Waals surface area contributed by atoms with Crippen LogP contribution in [0, 0.1) is 12.8 Å². The van der Waals surface area contributed by atoms with Gasteiger partial charge in [-0.15, -0.1) is 0 Å². The zero-order valence-electron chi connectivity index (χ0n) is 18.5. The number of rotatable bonds is 4. The fourth-order valence-electron chi connectivity index (χ4n) is 4.59. The van der Waals surface area contributed by atoms with Gasteiger partial charge in [-0.3, -0.25) is 9.59 Å². The van der Waals surface area contributed by atoms with Gasteiger partial charge in [-0.25, -0.2) is 4.68 Å². The van der Waals surface area contributed by atoms with Crippen LogP contribution in [0.3, 0.4) is 0 Å². The number of amides is 2. The van der Waals surface area contributed by atoms with Crippen molar-refractivity contribution in [2.24, 2.45) is 5.92 Å². The molecule has 0 radical (unpaired) electrons. The van der Waals surface area contributed by atoms with E-state index in [2.05, 4.69) is 5.10 Å². The van der Waals surface area contributed by atoms with Crippen molar-refractivity contribution < 1.29 is 14.3 Å². The van der Waals surface area contributed by atoms with E-state index in [9.17, 15) is 9.59 Å². The number of piperidine rings is 1. The summed E-state index contributed by atoms with van der Waals surface area (Å²) in [6.45, 7) is 4.98. The van der Waals surface area contributed by atoms with Crippen molar-refractivity contribution in [2.45, 2.75) is 45.4 Å². The molecule has 166 valence electrons. The monoisotopic (exact) mass is 424 g/mol. The number of ether oxygens (including phenoxy) is 1. The fourth-order valence-corrected chi connectivity index (χ4v) is 4.59. The molecule has 0 spiro atoms. The smallest absolute Gasteiger partial charge is 0.274 e. The Hall–Kier alpha value is -2.83. The van der Waals surface area contributed by atoms with E-state index in [1.807, 2.05) is 34.9 Å². The van der Waals surface area contributed by atoms with Crippen molar-refractivity contribution in [3.8, 4) is 11.4 Å². The highest BCUT2D eigenvalue weighted by Gasteiger charge is 2.31. The zero-order chi connectivity index (χ0) is 21.8. The highest BCUT2D eigenvalue weighted by atomic mass is 16.5. The van der Waals surface area contributed by atoms with E-state index in [0.29, 0.717) is 24.5 Å². The van der Waals surface area contributed by atoms with Gasteiger partial charge in [0.05, 0.1) is 7.11 Å². The lowest BCUT2D eigenvalue weighted by atomic mass is 9.95. The van der Waals surface area contributed by atoms with Crippen molar-refractivity contribution in [1.82, 2.24) is 19.6 Å². The lowest BCUT2D eigenvalue weighted by Crippen LogP contribution is -2.44. The predicted molar refractivity (Wildman–Crippen MR) is 119 cm³/mol. The average molecular weight is 425 g/mol. The van der Waals surface area contributed by atoms with Crippen molar-refractivity contribution in [3.63, 3.8) is 0 Å². The highest BCUT2D eigenvalue weighted by molar-refractivity contribution is 5.92. The molecule has 7 heteroatoms. The Balaban J connectivity index is 1.38. The molecule has 0 saturated carbocycles. The summed E-state index contributed by atoms with van der Waals surface area (Å²) < 4.78 is 7.13. The molecular formula is C24H32N4O3. The summed E-state index contributed by atoms with van der Waals surface area (Å²) in [6.07, 6.45) is 7.91. The lowest BCUT2D eigenvalue weighted by molar-refractivity contribution is -0.136. The third-order valence-corrected chi connectivity index (χ3v) is 6.44. The Morgan fingerprint density at radius 2 is 1.68 bits per heavy atom. The minimum absolute atomic E-state index is 0.0382. The van der Waals surface area contributed by atoms with Gasteiger partial charge in [0.2, 0.25) is 5.91 Å². The summed E-state index contributed by atoms with van der Waals surface area (Å²) >= 11 is 0. The van der Waals surface area contributed by atoms with Crippen LogP contribution >= 0.6 is 0 Å². The molecule has 0 atom stereocenters. The van der Waals surface area contributed by atoms with E-state index in [-0.39, 0.29) is 17.7 Å². The summed E-state index contributed by atoms with van der Waals surface area (Å²) in [6, 6.07) is 7.62. The van der Waals surface area contributed by atoms with Crippen LogP contribution in [-0.2, 0) is 4.79 Å². The molecule has 1 aromatic carbocycles. The topological polar surface area (TPSA) is 67.7 Å². The van der Waals surface area contributed by atoms with Gasteiger partial charge in [-0.2, -0.15) is 5.10 Å². The number of benzene rings is 1. The van der Waals surface area contributed by atoms with Gasteiger partial charge in [-0.1, -0.05) is 18.9 Å². The van der Waals surface area contributed by atoms with Crippen molar-refractivity contribution in [2.75, 3.05) is 33.3 Å². The maximum atomic E-state index is 13.0. The van der Waals surface area contributed by atoms with Crippen LogP contribution in [0.15, 0.2) is 30.5 Å². The third kappa shape index (κ3) is 4.75. The third-order valence-electron chi connectivity index (χ3n) is 6.44. The van der Waals surface area contributed by atoms with Gasteiger partial charge in [0.1, 0.15) is 11.4 Å². The van der Waals surface area contributed by atoms with Crippen LogP contribution < -0.4 is 4.74 Å². The SMILES string of the molecule is COc1ccc(C)cc1-n1ccc(C(=O)N2CCC(C(=O)N3CCCCCC3)CC2)n1. The molecule has 2 aromatic rings. The maximum Gasteiger partial charge on any atom is 0.274 e. The highest BCUT2D eigenvalue weighted by Crippen LogP contribution is 2.25. The van der Waals surface area contributed by atoms with Gasteiger partial charge in [0, 0.05) is 38.3 Å². The van der Waals surface area contributed by atoms with Gasteiger partial charge in [0.25, 0.3) is 5.91 Å². The molecule has 3 heterocycles. The minimum atomic E-state index is -0.0777. The van der Waals surface area contributed by atoms with E-state index in [0.717, 1.165) is 50.0 Å². The molecule has 4 rings (SSSR count). The number of carbonyl (C=O) groups is 2. The lowest BCUT2D eigenvalue weighted by Gasteiger charge is -2.33. The largest absolute Gasteiger partial charge is 0.494 e. The Labute approximate surface area is 184 Å². The maximum absolute atomic E-state index is 13.0. The van der Waals surface area contributed by atoms with Gasteiger partial charge >= 0.3 is 0 Å². The summed E-state index contributed by atoms with van der Waals surface area (Å²) in [4.78, 5) is 29.8. The van der Waals surface area contributed by atoms with Crippen molar-refractivity contribution >= 4 is 11.8 Å². The fraction of sp³-hybridized carbons (Fsp3) is 0.542. The molecule has 1 aromatic heterocycles. The molecule has 7 nitrogen and oxygen atoms in total. The first-order valence-electron chi connectivity index (χ1n) is 11.4. The van der Waals surface area contributed by atoms with Crippen molar-refractivity contribution in [3.05, 3.63) is 41.7 Å². The molecule has 2 aliphatic rings. The second-order valence-electron chi connectivity index (χ2n) is 8.63. The summed E-state index contributed by atoms with van der Waals surface area (Å²) in [5.74, 6) is 0.952. The molecular weight excluding hydrogens is 392 g/mol. The number of aryl methyl sites for hydroxylation is 1. The molecule has 0 bridgehead atoms. The number of likely N-dealkylation sites (tertiary alicyclic amines) is 2. The number of aromatic nitrogens is 2. The molecule has 2 amide bonds. The standard InChI is InChI=1S/C24H32N4O3/c1-18-7-8-22(31-2)21(17-18)28-16-11-20(25-28)24(30)27-14-9-19(10-15-27)23(29)26-12-5-3-4-6-13-26/h7-8,11,16-17,19H,3-6,9-10,12-15H2,1-2H3. The Morgan fingerprint density at radius 1 is 0.968 bits per heavy atom. The molecule has 2 saturated heterocycles. The Bertz CT molecular complexity index is 923. The minimum Gasteiger partial charge on any atom is -0.494 e. The van der Waals surface area contributed by atoms with Gasteiger partial charge in [-0.05, 0) is 56.4 Å². The second-order valence-corrected chi connectivity index (χ2v) is 8.63. The molecule has 31 heavy (non-hydrogen) atoms. The van der Waals surface area contributed by atoms with E-state index < -0.39 is 0 Å². The Morgan fingerprint density at radius 3 is 2.35 bits per heavy atom. The van der Waals surface area contributed by atoms with Crippen LogP contribution in [0.25, 0.3) is 5.69 Å². The van der Waals surface area contributed by atoms with Gasteiger partial charge in [0.15, 0.2) is 5.69 Å². The van der Waals surface area contributed by atoms with Gasteiger partial charge < -0.3 is 14.5 Å². The number of hydrogen-bond acceptors (Lipinski definition) is 4. The van der Waals surface area contributed by atoms with Crippen LogP contribution in [0.1, 0.15) is 54.6 Å². The first kappa shape index (κ1) is 21.4. The quantitative estimate of drug-likeness (QED) is 0.754. The van der Waals surface area contributed by atoms with E-state index >= 15 is 0 Å². The van der Waals surface area contributed by atoms with Crippen LogP contribution in [0.2, 0.25) is 0 Å². The number of carbonyl (C=O) groups excluding carboxylic acids is 2. The normalized spacial score (nSPS) is 18.0. The zero-order valence-corrected chi connectivity index (χ0v) is 18.5.